The molecule has 0 aliphatic carbocycles. The van der Waals surface area contributed by atoms with Gasteiger partial charge in [-0.3, -0.25) is 4.79 Å². The summed E-state index contributed by atoms with van der Waals surface area (Å²) in [5.41, 5.74) is 0.883. The number of carbonyl (C=O) groups excluding carboxylic acids is 1. The van der Waals surface area contributed by atoms with Gasteiger partial charge in [0.25, 0.3) is 0 Å². The molecule has 0 radical (unpaired) electrons. The SMILES string of the molecule is O=C(COCc1ccccc1Cl)NC1CCN(c2ncccn2)CC1. The van der Waals surface area contributed by atoms with Crippen LogP contribution in [0.15, 0.2) is 42.7 Å². The topological polar surface area (TPSA) is 67.3 Å². The van der Waals surface area contributed by atoms with E-state index in [0.717, 1.165) is 37.4 Å². The Morgan fingerprint density at radius 3 is 2.64 bits per heavy atom. The summed E-state index contributed by atoms with van der Waals surface area (Å²) in [7, 11) is 0. The second-order valence-electron chi connectivity index (χ2n) is 5.96. The number of nitrogens with one attached hydrogen (secondary N) is 1. The maximum atomic E-state index is 12.0. The first-order valence-electron chi connectivity index (χ1n) is 8.35. The van der Waals surface area contributed by atoms with Crippen LogP contribution in [0.3, 0.4) is 0 Å². The third-order valence-electron chi connectivity index (χ3n) is 4.14. The molecule has 3 rings (SSSR count). The number of aromatic nitrogens is 2. The minimum absolute atomic E-state index is 0.0350. The highest BCUT2D eigenvalue weighted by Gasteiger charge is 2.22. The van der Waals surface area contributed by atoms with Crippen molar-refractivity contribution in [1.29, 1.82) is 0 Å². The van der Waals surface area contributed by atoms with Crippen LogP contribution in [-0.4, -0.2) is 41.6 Å². The molecule has 1 aromatic carbocycles. The van der Waals surface area contributed by atoms with E-state index in [1.807, 2.05) is 24.3 Å². The number of ether oxygens (including phenoxy) is 1. The van der Waals surface area contributed by atoms with E-state index in [1.165, 1.54) is 0 Å². The van der Waals surface area contributed by atoms with Crippen LogP contribution in [0.2, 0.25) is 5.02 Å². The molecular weight excluding hydrogens is 340 g/mol. The molecule has 132 valence electrons. The van der Waals surface area contributed by atoms with E-state index in [-0.39, 0.29) is 18.6 Å². The van der Waals surface area contributed by atoms with Gasteiger partial charge in [-0.1, -0.05) is 29.8 Å². The molecule has 6 nitrogen and oxygen atoms in total. The molecule has 7 heteroatoms. The Labute approximate surface area is 152 Å². The van der Waals surface area contributed by atoms with Gasteiger partial charge in [0.15, 0.2) is 0 Å². The average Bonchev–Trinajstić information content (AvgIpc) is 2.65. The largest absolute Gasteiger partial charge is 0.367 e. The van der Waals surface area contributed by atoms with Crippen molar-refractivity contribution in [3.8, 4) is 0 Å². The third-order valence-corrected chi connectivity index (χ3v) is 4.51. The van der Waals surface area contributed by atoms with Gasteiger partial charge in [0.05, 0.1) is 6.61 Å². The minimum atomic E-state index is -0.0959. The molecular formula is C18H21ClN4O2. The highest BCUT2D eigenvalue weighted by atomic mass is 35.5. The van der Waals surface area contributed by atoms with Crippen molar-refractivity contribution in [2.75, 3.05) is 24.6 Å². The van der Waals surface area contributed by atoms with Gasteiger partial charge in [-0.05, 0) is 30.5 Å². The number of hydrogen-bond donors (Lipinski definition) is 1. The van der Waals surface area contributed by atoms with Crippen LogP contribution in [0.25, 0.3) is 0 Å². The number of rotatable bonds is 6. The zero-order valence-corrected chi connectivity index (χ0v) is 14.7. The average molecular weight is 361 g/mol. The minimum Gasteiger partial charge on any atom is -0.367 e. The first-order valence-corrected chi connectivity index (χ1v) is 8.72. The van der Waals surface area contributed by atoms with Crippen molar-refractivity contribution >= 4 is 23.5 Å². The molecule has 2 heterocycles. The molecule has 25 heavy (non-hydrogen) atoms. The lowest BCUT2D eigenvalue weighted by Gasteiger charge is -2.32. The second-order valence-corrected chi connectivity index (χ2v) is 6.37. The van der Waals surface area contributed by atoms with Crippen LogP contribution in [0.1, 0.15) is 18.4 Å². The summed E-state index contributed by atoms with van der Waals surface area (Å²) in [4.78, 5) is 22.7. The molecule has 1 aliphatic rings. The van der Waals surface area contributed by atoms with Gasteiger partial charge in [-0.25, -0.2) is 9.97 Å². The third kappa shape index (κ3) is 5.14. The van der Waals surface area contributed by atoms with E-state index in [0.29, 0.717) is 11.6 Å². The molecule has 1 aromatic heterocycles. The summed E-state index contributed by atoms with van der Waals surface area (Å²) in [5.74, 6) is 0.650. The molecule has 1 saturated heterocycles. The van der Waals surface area contributed by atoms with Crippen LogP contribution in [0, 0.1) is 0 Å². The Balaban J connectivity index is 1.37. The number of nitrogens with zero attached hydrogens (tertiary/aromatic N) is 3. The van der Waals surface area contributed by atoms with E-state index in [9.17, 15) is 4.79 Å². The zero-order valence-electron chi connectivity index (χ0n) is 13.9. The van der Waals surface area contributed by atoms with Gasteiger partial charge in [0, 0.05) is 36.5 Å². The van der Waals surface area contributed by atoms with Crippen LogP contribution >= 0.6 is 11.6 Å². The van der Waals surface area contributed by atoms with Crippen molar-refractivity contribution in [3.63, 3.8) is 0 Å². The van der Waals surface area contributed by atoms with Gasteiger partial charge < -0.3 is 15.0 Å². The van der Waals surface area contributed by atoms with E-state index >= 15 is 0 Å². The Morgan fingerprint density at radius 1 is 1.20 bits per heavy atom. The standard InChI is InChI=1S/C18H21ClN4O2/c19-16-5-2-1-4-14(16)12-25-13-17(24)22-15-6-10-23(11-7-15)18-20-8-3-9-21-18/h1-5,8-9,15H,6-7,10-13H2,(H,22,24). The lowest BCUT2D eigenvalue weighted by atomic mass is 10.1. The van der Waals surface area contributed by atoms with Gasteiger partial charge in [-0.2, -0.15) is 0 Å². The molecule has 1 N–H and O–H groups in total. The molecule has 2 aromatic rings. The van der Waals surface area contributed by atoms with Crippen molar-refractivity contribution in [2.24, 2.45) is 0 Å². The fourth-order valence-electron chi connectivity index (χ4n) is 2.82. The number of hydrogen-bond acceptors (Lipinski definition) is 5. The predicted octanol–water partition coefficient (Wildman–Crippen LogP) is 2.43. The smallest absolute Gasteiger partial charge is 0.246 e. The van der Waals surface area contributed by atoms with E-state index in [4.69, 9.17) is 16.3 Å². The molecule has 1 amide bonds. The van der Waals surface area contributed by atoms with Crippen molar-refractivity contribution in [1.82, 2.24) is 15.3 Å². The molecule has 0 atom stereocenters. The van der Waals surface area contributed by atoms with Crippen LogP contribution in [-0.2, 0) is 16.1 Å². The van der Waals surface area contributed by atoms with Gasteiger partial charge in [-0.15, -0.1) is 0 Å². The number of piperidine rings is 1. The van der Waals surface area contributed by atoms with E-state index in [1.54, 1.807) is 18.5 Å². The zero-order chi connectivity index (χ0) is 17.5. The van der Waals surface area contributed by atoms with Gasteiger partial charge in [0.2, 0.25) is 11.9 Å². The molecule has 1 aliphatic heterocycles. The summed E-state index contributed by atoms with van der Waals surface area (Å²) >= 11 is 6.06. The quantitative estimate of drug-likeness (QED) is 0.857. The normalized spacial score (nSPS) is 15.2. The fourth-order valence-corrected chi connectivity index (χ4v) is 3.01. The van der Waals surface area contributed by atoms with Crippen molar-refractivity contribution < 1.29 is 9.53 Å². The number of amides is 1. The highest BCUT2D eigenvalue weighted by Crippen LogP contribution is 2.16. The number of halogens is 1. The Kier molecular flexibility index (Phi) is 6.19. The Hall–Kier alpha value is -2.18. The fraction of sp³-hybridized carbons (Fsp3) is 0.389. The number of anilines is 1. The maximum absolute atomic E-state index is 12.0. The predicted molar refractivity (Wildman–Crippen MR) is 96.5 cm³/mol. The second kappa shape index (κ2) is 8.78. The van der Waals surface area contributed by atoms with Crippen LogP contribution < -0.4 is 10.2 Å². The summed E-state index contributed by atoms with van der Waals surface area (Å²) in [6.07, 6.45) is 5.22. The van der Waals surface area contributed by atoms with Crippen LogP contribution in [0.4, 0.5) is 5.95 Å². The summed E-state index contributed by atoms with van der Waals surface area (Å²) < 4.78 is 5.47. The van der Waals surface area contributed by atoms with Gasteiger partial charge in [0.1, 0.15) is 6.61 Å². The summed E-state index contributed by atoms with van der Waals surface area (Å²) in [5, 5.41) is 3.68. The lowest BCUT2D eigenvalue weighted by Crippen LogP contribution is -2.46. The molecule has 0 saturated carbocycles. The molecule has 0 spiro atoms. The monoisotopic (exact) mass is 360 g/mol. The first kappa shape index (κ1) is 17.6. The van der Waals surface area contributed by atoms with E-state index in [2.05, 4.69) is 20.2 Å². The molecule has 0 bridgehead atoms. The summed E-state index contributed by atoms with van der Waals surface area (Å²) in [6, 6.07) is 9.43. The van der Waals surface area contributed by atoms with Crippen LogP contribution in [0.5, 0.6) is 0 Å². The number of carbonyl (C=O) groups is 1. The van der Waals surface area contributed by atoms with Gasteiger partial charge >= 0.3 is 0 Å². The number of benzene rings is 1. The molecule has 1 fully saturated rings. The summed E-state index contributed by atoms with van der Waals surface area (Å²) in [6.45, 7) is 2.02. The highest BCUT2D eigenvalue weighted by molar-refractivity contribution is 6.31. The first-order chi connectivity index (χ1) is 12.2. The Bertz CT molecular complexity index is 690. The lowest BCUT2D eigenvalue weighted by molar-refractivity contribution is -0.126. The molecule has 0 unspecified atom stereocenters. The van der Waals surface area contributed by atoms with Crippen molar-refractivity contribution in [2.45, 2.75) is 25.5 Å². The Morgan fingerprint density at radius 2 is 1.92 bits per heavy atom. The maximum Gasteiger partial charge on any atom is 0.246 e. The van der Waals surface area contributed by atoms with Crippen molar-refractivity contribution in [3.05, 3.63) is 53.3 Å². The van der Waals surface area contributed by atoms with E-state index < -0.39 is 0 Å².